The lowest BCUT2D eigenvalue weighted by Gasteiger charge is -2.06. The van der Waals surface area contributed by atoms with Crippen molar-refractivity contribution in [2.75, 3.05) is 6.61 Å². The van der Waals surface area contributed by atoms with Crippen LogP contribution in [0.4, 0.5) is 0 Å². The maximum absolute atomic E-state index is 11.5. The van der Waals surface area contributed by atoms with Crippen molar-refractivity contribution in [1.29, 1.82) is 0 Å². The molecule has 2 rings (SSSR count). The summed E-state index contributed by atoms with van der Waals surface area (Å²) >= 11 is 5.64. The Morgan fingerprint density at radius 3 is 2.94 bits per heavy atom. The highest BCUT2D eigenvalue weighted by molar-refractivity contribution is 6.17. The largest absolute Gasteiger partial charge is 0.490 e. The molecule has 0 spiro atoms. The molecule has 0 unspecified atom stereocenters. The molecule has 84 valence electrons. The highest BCUT2D eigenvalue weighted by Crippen LogP contribution is 2.25. The second-order valence-corrected chi connectivity index (χ2v) is 3.57. The maximum atomic E-state index is 11.5. The van der Waals surface area contributed by atoms with E-state index in [0.29, 0.717) is 23.5 Å². The Balaban J connectivity index is 2.69. The topological polar surface area (TPSA) is 39.4 Å². The van der Waals surface area contributed by atoms with E-state index in [4.69, 9.17) is 20.8 Å². The molecule has 0 radical (unpaired) electrons. The Bertz CT molecular complexity index is 560. The first-order valence-electron chi connectivity index (χ1n) is 5.00. The molecule has 3 nitrogen and oxygen atoms in total. The maximum Gasteiger partial charge on any atom is 0.340 e. The number of hydrogen-bond donors (Lipinski definition) is 0. The van der Waals surface area contributed by atoms with Gasteiger partial charge in [-0.1, -0.05) is 12.1 Å². The summed E-state index contributed by atoms with van der Waals surface area (Å²) in [5.74, 6) is 0.732. The van der Waals surface area contributed by atoms with Gasteiger partial charge in [-0.3, -0.25) is 0 Å². The number of halogens is 1. The van der Waals surface area contributed by atoms with Crippen molar-refractivity contribution < 1.29 is 9.15 Å². The van der Waals surface area contributed by atoms with Crippen molar-refractivity contribution in [2.45, 2.75) is 12.8 Å². The van der Waals surface area contributed by atoms with Gasteiger partial charge in [0.2, 0.25) is 0 Å². The Morgan fingerprint density at radius 2 is 2.25 bits per heavy atom. The molecule has 0 aliphatic carbocycles. The third-order valence-corrected chi connectivity index (χ3v) is 2.53. The molecule has 1 heterocycles. The second kappa shape index (κ2) is 4.58. The van der Waals surface area contributed by atoms with Gasteiger partial charge in [-0.15, -0.1) is 11.6 Å². The lowest BCUT2D eigenvalue weighted by Crippen LogP contribution is -2.05. The van der Waals surface area contributed by atoms with Gasteiger partial charge in [0.25, 0.3) is 0 Å². The van der Waals surface area contributed by atoms with Gasteiger partial charge in [-0.05, 0) is 19.1 Å². The number of hydrogen-bond acceptors (Lipinski definition) is 3. The molecule has 1 aromatic heterocycles. The molecular formula is C12H11ClO3. The van der Waals surface area contributed by atoms with Crippen LogP contribution in [0, 0.1) is 0 Å². The fraction of sp³-hybridized carbons (Fsp3) is 0.250. The monoisotopic (exact) mass is 238 g/mol. The molecule has 0 fully saturated rings. The van der Waals surface area contributed by atoms with Crippen molar-refractivity contribution in [3.8, 4) is 5.75 Å². The Labute approximate surface area is 97.6 Å². The molecule has 0 aliphatic heterocycles. The van der Waals surface area contributed by atoms with Crippen molar-refractivity contribution in [3.05, 3.63) is 40.2 Å². The third-order valence-electron chi connectivity index (χ3n) is 2.24. The highest BCUT2D eigenvalue weighted by atomic mass is 35.5. The molecule has 16 heavy (non-hydrogen) atoms. The molecule has 0 saturated heterocycles. The lowest BCUT2D eigenvalue weighted by molar-refractivity contribution is 0.337. The zero-order valence-electron chi connectivity index (χ0n) is 8.83. The quantitative estimate of drug-likeness (QED) is 0.610. The van der Waals surface area contributed by atoms with Gasteiger partial charge in [-0.25, -0.2) is 4.79 Å². The molecule has 0 atom stereocenters. The van der Waals surface area contributed by atoms with Gasteiger partial charge in [0.1, 0.15) is 0 Å². The number of benzene rings is 1. The number of ether oxygens (including phenoxy) is 1. The predicted molar refractivity (Wildman–Crippen MR) is 63.2 cm³/mol. The first-order chi connectivity index (χ1) is 7.76. The van der Waals surface area contributed by atoms with E-state index in [1.807, 2.05) is 19.1 Å². The lowest BCUT2D eigenvalue weighted by atomic mass is 10.2. The number of rotatable bonds is 3. The summed E-state index contributed by atoms with van der Waals surface area (Å²) in [6.45, 7) is 2.41. The van der Waals surface area contributed by atoms with Crippen LogP contribution in [0.3, 0.4) is 0 Å². The summed E-state index contributed by atoms with van der Waals surface area (Å²) in [7, 11) is 0. The Hall–Kier alpha value is -1.48. The fourth-order valence-electron chi connectivity index (χ4n) is 1.52. The van der Waals surface area contributed by atoms with E-state index in [0.717, 1.165) is 5.39 Å². The van der Waals surface area contributed by atoms with Gasteiger partial charge >= 0.3 is 5.63 Å². The average molecular weight is 239 g/mol. The number of fused-ring (bicyclic) bond motifs is 1. The summed E-state index contributed by atoms with van der Waals surface area (Å²) in [6, 6.07) is 7.22. The Kier molecular flexibility index (Phi) is 3.15. The van der Waals surface area contributed by atoms with Crippen LogP contribution in [0.2, 0.25) is 0 Å². The first kappa shape index (κ1) is 11.0. The molecule has 0 bridgehead atoms. The van der Waals surface area contributed by atoms with Crippen molar-refractivity contribution >= 4 is 22.6 Å². The van der Waals surface area contributed by atoms with E-state index in [1.54, 1.807) is 12.1 Å². The highest BCUT2D eigenvalue weighted by Gasteiger charge is 2.08. The van der Waals surface area contributed by atoms with Gasteiger partial charge in [-0.2, -0.15) is 0 Å². The van der Waals surface area contributed by atoms with E-state index in [-0.39, 0.29) is 5.88 Å². The minimum Gasteiger partial charge on any atom is -0.490 e. The van der Waals surface area contributed by atoms with E-state index >= 15 is 0 Å². The molecular weight excluding hydrogens is 228 g/mol. The van der Waals surface area contributed by atoms with Crippen LogP contribution in [-0.4, -0.2) is 6.61 Å². The summed E-state index contributed by atoms with van der Waals surface area (Å²) in [6.07, 6.45) is 0. The number of para-hydroxylation sites is 1. The summed E-state index contributed by atoms with van der Waals surface area (Å²) < 4.78 is 10.6. The molecule has 0 aliphatic rings. The average Bonchev–Trinajstić information content (AvgIpc) is 2.29. The SMILES string of the molecule is CCOc1cccc2cc(CCl)c(=O)oc12. The molecule has 1 aromatic carbocycles. The zero-order chi connectivity index (χ0) is 11.5. The van der Waals surface area contributed by atoms with Gasteiger partial charge < -0.3 is 9.15 Å². The van der Waals surface area contributed by atoms with Crippen LogP contribution in [0.15, 0.2) is 33.5 Å². The smallest absolute Gasteiger partial charge is 0.340 e. The number of alkyl halides is 1. The van der Waals surface area contributed by atoms with E-state index < -0.39 is 5.63 Å². The predicted octanol–water partition coefficient (Wildman–Crippen LogP) is 2.93. The minimum atomic E-state index is -0.408. The van der Waals surface area contributed by atoms with E-state index in [1.165, 1.54) is 0 Å². The van der Waals surface area contributed by atoms with E-state index in [2.05, 4.69) is 0 Å². The van der Waals surface area contributed by atoms with Crippen LogP contribution in [0.25, 0.3) is 11.0 Å². The van der Waals surface area contributed by atoms with E-state index in [9.17, 15) is 4.79 Å². The van der Waals surface area contributed by atoms with Crippen LogP contribution in [0.1, 0.15) is 12.5 Å². The molecule has 0 saturated carbocycles. The van der Waals surface area contributed by atoms with Crippen molar-refractivity contribution in [1.82, 2.24) is 0 Å². The zero-order valence-corrected chi connectivity index (χ0v) is 9.58. The molecule has 4 heteroatoms. The van der Waals surface area contributed by atoms with Crippen LogP contribution >= 0.6 is 11.6 Å². The van der Waals surface area contributed by atoms with Gasteiger partial charge in [0, 0.05) is 5.39 Å². The first-order valence-corrected chi connectivity index (χ1v) is 5.54. The summed E-state index contributed by atoms with van der Waals surface area (Å²) in [5.41, 5.74) is 0.528. The third kappa shape index (κ3) is 1.91. The molecule has 0 amide bonds. The molecule has 2 aromatic rings. The van der Waals surface area contributed by atoms with Gasteiger partial charge in [0.15, 0.2) is 11.3 Å². The van der Waals surface area contributed by atoms with Crippen LogP contribution < -0.4 is 10.4 Å². The van der Waals surface area contributed by atoms with Crippen LogP contribution in [-0.2, 0) is 5.88 Å². The summed E-state index contributed by atoms with van der Waals surface area (Å²) in [5, 5.41) is 0.821. The van der Waals surface area contributed by atoms with Crippen molar-refractivity contribution in [2.24, 2.45) is 0 Å². The van der Waals surface area contributed by atoms with Gasteiger partial charge in [0.05, 0.1) is 18.1 Å². The van der Waals surface area contributed by atoms with Crippen LogP contribution in [0.5, 0.6) is 5.75 Å². The summed E-state index contributed by atoms with van der Waals surface area (Å²) in [4.78, 5) is 11.5. The van der Waals surface area contributed by atoms with Crippen molar-refractivity contribution in [3.63, 3.8) is 0 Å². The normalized spacial score (nSPS) is 10.6. The minimum absolute atomic E-state index is 0.150. The molecule has 0 N–H and O–H groups in total. The Morgan fingerprint density at radius 1 is 1.44 bits per heavy atom. The fourth-order valence-corrected chi connectivity index (χ4v) is 1.71. The standard InChI is InChI=1S/C12H11ClO3/c1-2-15-10-5-3-4-8-6-9(7-13)12(14)16-11(8)10/h3-6H,2,7H2,1H3. The second-order valence-electron chi connectivity index (χ2n) is 3.30.